The fourth-order valence-electron chi connectivity index (χ4n) is 4.68. The van der Waals surface area contributed by atoms with Crippen LogP contribution in [0.1, 0.15) is 31.2 Å². The van der Waals surface area contributed by atoms with E-state index in [1.807, 2.05) is 30.5 Å². The van der Waals surface area contributed by atoms with E-state index in [0.717, 1.165) is 41.5 Å². The third-order valence-electron chi connectivity index (χ3n) is 7.02. The quantitative estimate of drug-likeness (QED) is 0.338. The molecule has 1 fully saturated rings. The smallest absolute Gasteiger partial charge is 0.301 e. The second-order valence-electron chi connectivity index (χ2n) is 9.38. The highest BCUT2D eigenvalue weighted by atomic mass is 32.2. The van der Waals surface area contributed by atoms with Crippen LogP contribution in [-0.4, -0.2) is 54.2 Å². The summed E-state index contributed by atoms with van der Waals surface area (Å²) in [5, 5.41) is 8.18. The van der Waals surface area contributed by atoms with E-state index < -0.39 is 16.0 Å². The normalized spacial score (nSPS) is 14.6. The van der Waals surface area contributed by atoms with E-state index in [0.29, 0.717) is 17.2 Å². The first-order valence-electron chi connectivity index (χ1n) is 12.7. The highest BCUT2D eigenvalue weighted by Crippen LogP contribution is 2.36. The van der Waals surface area contributed by atoms with Crippen LogP contribution in [0.4, 0.5) is 10.1 Å². The second kappa shape index (κ2) is 11.0. The van der Waals surface area contributed by atoms with Gasteiger partial charge in [0.15, 0.2) is 5.82 Å². The van der Waals surface area contributed by atoms with Crippen molar-refractivity contribution in [2.45, 2.75) is 25.7 Å². The maximum absolute atomic E-state index is 15.8. The van der Waals surface area contributed by atoms with E-state index in [9.17, 15) is 8.42 Å². The van der Waals surface area contributed by atoms with Crippen molar-refractivity contribution in [1.29, 1.82) is 0 Å². The highest BCUT2D eigenvalue weighted by Gasteiger charge is 2.23. The maximum Gasteiger partial charge on any atom is 0.301 e. The first-order valence-corrected chi connectivity index (χ1v) is 14.2. The fraction of sp³-hybridized carbons (Fsp3) is 0.286. The number of aromatic nitrogens is 3. The molecule has 1 aliphatic heterocycles. The van der Waals surface area contributed by atoms with Crippen LogP contribution in [0, 0.1) is 5.82 Å². The predicted octanol–water partition coefficient (Wildman–Crippen LogP) is 4.82. The molecule has 10 heteroatoms. The lowest BCUT2D eigenvalue weighted by molar-refractivity contribution is 0.460. The number of anilines is 1. The largest absolute Gasteiger partial charge is 0.317 e. The minimum Gasteiger partial charge on any atom is -0.317 e. The van der Waals surface area contributed by atoms with Crippen LogP contribution in [-0.2, 0) is 10.2 Å². The number of nitrogens with one attached hydrogen (secondary N) is 2. The van der Waals surface area contributed by atoms with Crippen molar-refractivity contribution in [1.82, 2.24) is 24.4 Å². The zero-order valence-corrected chi connectivity index (χ0v) is 22.2. The van der Waals surface area contributed by atoms with Gasteiger partial charge in [-0.25, -0.2) is 9.07 Å². The number of hydrogen-bond donors (Lipinski definition) is 2. The van der Waals surface area contributed by atoms with Crippen molar-refractivity contribution >= 4 is 15.9 Å². The first-order chi connectivity index (χ1) is 18.4. The summed E-state index contributed by atoms with van der Waals surface area (Å²) in [7, 11) is -2.46. The number of hydrogen-bond acceptors (Lipinski definition) is 5. The zero-order chi connectivity index (χ0) is 26.7. The van der Waals surface area contributed by atoms with Crippen molar-refractivity contribution in [3.63, 3.8) is 0 Å². The molecule has 198 valence electrons. The SMILES string of the molecule is CCN(C)S(=O)(=O)Nc1cccc(-c2nn(-c3ccc(C4CCNCC4)cc3)cc2-c2ccncc2)c1F. The van der Waals surface area contributed by atoms with Gasteiger partial charge in [-0.1, -0.05) is 25.1 Å². The summed E-state index contributed by atoms with van der Waals surface area (Å²) in [5.74, 6) is -0.152. The molecule has 0 atom stereocenters. The number of rotatable bonds is 8. The van der Waals surface area contributed by atoms with Gasteiger partial charge in [0, 0.05) is 43.3 Å². The molecule has 0 saturated carbocycles. The monoisotopic (exact) mass is 534 g/mol. The van der Waals surface area contributed by atoms with Crippen LogP contribution in [0.3, 0.4) is 0 Å². The van der Waals surface area contributed by atoms with Gasteiger partial charge in [-0.2, -0.15) is 17.8 Å². The van der Waals surface area contributed by atoms with Crippen LogP contribution in [0.5, 0.6) is 0 Å². The summed E-state index contributed by atoms with van der Waals surface area (Å²) in [6, 6.07) is 16.6. The topological polar surface area (TPSA) is 92.2 Å². The third-order valence-corrected chi connectivity index (χ3v) is 8.58. The molecule has 8 nitrogen and oxygen atoms in total. The van der Waals surface area contributed by atoms with Crippen LogP contribution in [0.15, 0.2) is 73.2 Å². The Kier molecular flexibility index (Phi) is 7.55. The standard InChI is InChI=1S/C28H31FN6O2S/c1-3-34(2)38(36,37)33-26-6-4-5-24(27(26)29)28-25(22-13-17-31-18-14-22)19-35(32-28)23-9-7-20(8-10-23)21-11-15-30-16-12-21/h4-10,13-14,17-19,21,30,33H,3,11-12,15-16H2,1-2H3. The number of halogens is 1. The van der Waals surface area contributed by atoms with E-state index in [1.165, 1.54) is 18.7 Å². The number of piperidine rings is 1. The van der Waals surface area contributed by atoms with Crippen LogP contribution in [0.2, 0.25) is 0 Å². The van der Waals surface area contributed by atoms with Crippen molar-refractivity contribution in [3.8, 4) is 28.1 Å². The van der Waals surface area contributed by atoms with E-state index in [4.69, 9.17) is 5.10 Å². The predicted molar refractivity (Wildman–Crippen MR) is 148 cm³/mol. The van der Waals surface area contributed by atoms with Gasteiger partial charge in [-0.15, -0.1) is 0 Å². The molecular formula is C28H31FN6O2S. The highest BCUT2D eigenvalue weighted by molar-refractivity contribution is 7.90. The van der Waals surface area contributed by atoms with Gasteiger partial charge in [-0.05, 0) is 79.4 Å². The lowest BCUT2D eigenvalue weighted by atomic mass is 9.90. The molecule has 0 bridgehead atoms. The summed E-state index contributed by atoms with van der Waals surface area (Å²) in [5.41, 5.74) is 4.15. The molecule has 1 aliphatic rings. The van der Waals surface area contributed by atoms with Gasteiger partial charge < -0.3 is 5.32 Å². The second-order valence-corrected chi connectivity index (χ2v) is 11.2. The Morgan fingerprint density at radius 3 is 2.45 bits per heavy atom. The van der Waals surface area contributed by atoms with Gasteiger partial charge in [0.1, 0.15) is 5.69 Å². The van der Waals surface area contributed by atoms with Gasteiger partial charge in [0.25, 0.3) is 0 Å². The minimum atomic E-state index is -3.89. The first kappa shape index (κ1) is 26.0. The molecule has 4 aromatic rings. The van der Waals surface area contributed by atoms with Crippen LogP contribution in [0.25, 0.3) is 28.1 Å². The number of nitrogens with zero attached hydrogens (tertiary/aromatic N) is 4. The maximum atomic E-state index is 15.8. The van der Waals surface area contributed by atoms with E-state index >= 15 is 4.39 Å². The molecule has 5 rings (SSSR count). The molecule has 38 heavy (non-hydrogen) atoms. The Morgan fingerprint density at radius 2 is 1.76 bits per heavy atom. The third kappa shape index (κ3) is 5.33. The molecule has 0 unspecified atom stereocenters. The van der Waals surface area contributed by atoms with Crippen LogP contribution < -0.4 is 10.0 Å². The van der Waals surface area contributed by atoms with Gasteiger partial charge in [0.2, 0.25) is 0 Å². The van der Waals surface area contributed by atoms with Gasteiger partial charge in [-0.3, -0.25) is 9.71 Å². The van der Waals surface area contributed by atoms with Crippen molar-refractivity contribution in [2.75, 3.05) is 31.4 Å². The molecule has 0 spiro atoms. The van der Waals surface area contributed by atoms with Crippen molar-refractivity contribution < 1.29 is 12.8 Å². The fourth-order valence-corrected chi connectivity index (χ4v) is 5.61. The number of pyridine rings is 1. The molecule has 0 amide bonds. The summed E-state index contributed by atoms with van der Waals surface area (Å²) in [4.78, 5) is 4.10. The lowest BCUT2D eigenvalue weighted by Crippen LogP contribution is -2.32. The molecule has 1 saturated heterocycles. The molecule has 3 heterocycles. The Morgan fingerprint density at radius 1 is 1.05 bits per heavy atom. The van der Waals surface area contributed by atoms with Crippen molar-refractivity contribution in [3.05, 3.63) is 84.6 Å². The Bertz CT molecular complexity index is 1500. The average molecular weight is 535 g/mol. The van der Waals surface area contributed by atoms with E-state index in [-0.39, 0.29) is 17.8 Å². The van der Waals surface area contributed by atoms with Crippen molar-refractivity contribution in [2.24, 2.45) is 0 Å². The molecule has 2 N–H and O–H groups in total. The molecule has 0 aliphatic carbocycles. The Hall–Kier alpha value is -3.60. The minimum absolute atomic E-state index is 0.135. The zero-order valence-electron chi connectivity index (χ0n) is 21.4. The van der Waals surface area contributed by atoms with Gasteiger partial charge in [0.05, 0.1) is 11.4 Å². The summed E-state index contributed by atoms with van der Waals surface area (Å²) in [6.07, 6.45) is 7.44. The average Bonchev–Trinajstić information content (AvgIpc) is 3.40. The Labute approximate surface area is 222 Å². The molecule has 2 aromatic carbocycles. The molecule has 0 radical (unpaired) electrons. The van der Waals surface area contributed by atoms with E-state index in [1.54, 1.807) is 36.1 Å². The number of benzene rings is 2. The van der Waals surface area contributed by atoms with Gasteiger partial charge >= 0.3 is 10.2 Å². The van der Waals surface area contributed by atoms with E-state index in [2.05, 4.69) is 27.2 Å². The summed E-state index contributed by atoms with van der Waals surface area (Å²) >= 11 is 0. The molecular weight excluding hydrogens is 503 g/mol. The lowest BCUT2D eigenvalue weighted by Gasteiger charge is -2.23. The summed E-state index contributed by atoms with van der Waals surface area (Å²) < 4.78 is 46.2. The van der Waals surface area contributed by atoms with Crippen LogP contribution >= 0.6 is 0 Å². The Balaban J connectivity index is 1.55. The molecule has 2 aromatic heterocycles. The summed E-state index contributed by atoms with van der Waals surface area (Å²) in [6.45, 7) is 4.02.